The van der Waals surface area contributed by atoms with Crippen molar-refractivity contribution < 1.29 is 5.11 Å². The van der Waals surface area contributed by atoms with E-state index in [1.807, 2.05) is 0 Å². The zero-order chi connectivity index (χ0) is 13.0. The minimum Gasteiger partial charge on any atom is -0.396 e. The van der Waals surface area contributed by atoms with Crippen molar-refractivity contribution in [2.24, 2.45) is 5.73 Å². The summed E-state index contributed by atoms with van der Waals surface area (Å²) in [5, 5.41) is 9.00. The summed E-state index contributed by atoms with van der Waals surface area (Å²) in [5.74, 6) is 0.753. The lowest BCUT2D eigenvalue weighted by Gasteiger charge is -2.38. The number of aromatic nitrogens is 2. The number of nitrogens with two attached hydrogens (primary N) is 1. The molecule has 0 saturated heterocycles. The van der Waals surface area contributed by atoms with Gasteiger partial charge in [-0.15, -0.1) is 0 Å². The lowest BCUT2D eigenvalue weighted by atomic mass is 9.91. The van der Waals surface area contributed by atoms with Crippen LogP contribution in [0.15, 0.2) is 12.4 Å². The third kappa shape index (κ3) is 2.76. The maximum absolute atomic E-state index is 9.00. The van der Waals surface area contributed by atoms with Crippen LogP contribution in [0.5, 0.6) is 0 Å². The highest BCUT2D eigenvalue weighted by Crippen LogP contribution is 2.29. The molecule has 1 aromatic heterocycles. The predicted molar refractivity (Wildman–Crippen MR) is 74.6 cm³/mol. The SMILES string of the molecule is NC(=S)c1nccnc1N(CCCO)C1CCC1. The topological polar surface area (TPSA) is 75.3 Å². The molecule has 1 heterocycles. The molecule has 0 bridgehead atoms. The van der Waals surface area contributed by atoms with Crippen molar-refractivity contribution in [2.75, 3.05) is 18.1 Å². The van der Waals surface area contributed by atoms with Gasteiger partial charge in [-0.2, -0.15) is 0 Å². The van der Waals surface area contributed by atoms with Gasteiger partial charge in [0.25, 0.3) is 0 Å². The van der Waals surface area contributed by atoms with Crippen molar-refractivity contribution >= 4 is 23.0 Å². The Labute approximate surface area is 112 Å². The Bertz CT molecular complexity index is 422. The molecule has 0 unspecified atom stereocenters. The molecule has 3 N–H and O–H groups in total. The van der Waals surface area contributed by atoms with Gasteiger partial charge < -0.3 is 15.7 Å². The normalized spacial score (nSPS) is 15.2. The molecular formula is C12H18N4OS. The van der Waals surface area contributed by atoms with Crippen LogP contribution in [0, 0.1) is 0 Å². The number of nitrogens with zero attached hydrogens (tertiary/aromatic N) is 3. The van der Waals surface area contributed by atoms with Gasteiger partial charge in [-0.25, -0.2) is 9.97 Å². The van der Waals surface area contributed by atoms with Crippen LogP contribution >= 0.6 is 12.2 Å². The van der Waals surface area contributed by atoms with E-state index >= 15 is 0 Å². The van der Waals surface area contributed by atoms with E-state index < -0.39 is 0 Å². The summed E-state index contributed by atoms with van der Waals surface area (Å²) < 4.78 is 0. The van der Waals surface area contributed by atoms with Gasteiger partial charge >= 0.3 is 0 Å². The molecule has 18 heavy (non-hydrogen) atoms. The summed E-state index contributed by atoms with van der Waals surface area (Å²) >= 11 is 5.02. The zero-order valence-corrected chi connectivity index (χ0v) is 11.1. The van der Waals surface area contributed by atoms with E-state index in [1.165, 1.54) is 6.42 Å². The average molecular weight is 266 g/mol. The van der Waals surface area contributed by atoms with Crippen LogP contribution in [0.2, 0.25) is 0 Å². The second-order valence-corrected chi connectivity index (χ2v) is 4.89. The Kier molecular flexibility index (Phi) is 4.43. The lowest BCUT2D eigenvalue weighted by molar-refractivity contribution is 0.282. The molecule has 1 aliphatic carbocycles. The Balaban J connectivity index is 2.25. The van der Waals surface area contributed by atoms with E-state index in [-0.39, 0.29) is 11.6 Å². The third-order valence-electron chi connectivity index (χ3n) is 3.26. The maximum atomic E-state index is 9.00. The second-order valence-electron chi connectivity index (χ2n) is 4.45. The summed E-state index contributed by atoms with van der Waals surface area (Å²) in [7, 11) is 0. The van der Waals surface area contributed by atoms with Gasteiger partial charge in [0.15, 0.2) is 5.82 Å². The van der Waals surface area contributed by atoms with Gasteiger partial charge in [-0.1, -0.05) is 12.2 Å². The highest BCUT2D eigenvalue weighted by Gasteiger charge is 2.28. The molecule has 1 aliphatic rings. The van der Waals surface area contributed by atoms with Gasteiger partial charge in [0.2, 0.25) is 0 Å². The number of anilines is 1. The maximum Gasteiger partial charge on any atom is 0.157 e. The standard InChI is InChI=1S/C12H18N4OS/c13-11(18)10-12(15-6-5-14-10)16(7-2-8-17)9-3-1-4-9/h5-6,9,17H,1-4,7-8H2,(H2,13,18). The Morgan fingerprint density at radius 1 is 1.44 bits per heavy atom. The molecule has 6 heteroatoms. The number of aliphatic hydroxyl groups excluding tert-OH is 1. The molecule has 0 radical (unpaired) electrons. The highest BCUT2D eigenvalue weighted by atomic mass is 32.1. The van der Waals surface area contributed by atoms with E-state index in [1.54, 1.807) is 12.4 Å². The molecule has 1 fully saturated rings. The van der Waals surface area contributed by atoms with Crippen LogP contribution in [0.25, 0.3) is 0 Å². The van der Waals surface area contributed by atoms with E-state index in [9.17, 15) is 0 Å². The summed E-state index contributed by atoms with van der Waals surface area (Å²) in [6.07, 6.45) is 7.51. The monoisotopic (exact) mass is 266 g/mol. The Morgan fingerprint density at radius 2 is 2.17 bits per heavy atom. The molecule has 98 valence electrons. The third-order valence-corrected chi connectivity index (χ3v) is 3.45. The first-order valence-corrected chi connectivity index (χ1v) is 6.63. The molecule has 0 atom stereocenters. The molecular weight excluding hydrogens is 248 g/mol. The number of thiocarbonyl (C=S) groups is 1. The van der Waals surface area contributed by atoms with Crippen LogP contribution < -0.4 is 10.6 Å². The predicted octanol–water partition coefficient (Wildman–Crippen LogP) is 0.852. The van der Waals surface area contributed by atoms with Crippen molar-refractivity contribution in [1.82, 2.24) is 9.97 Å². The minimum atomic E-state index is 0.173. The summed E-state index contributed by atoms with van der Waals surface area (Å²) in [6.45, 7) is 0.932. The van der Waals surface area contributed by atoms with Crippen LogP contribution in [0.3, 0.4) is 0 Å². The van der Waals surface area contributed by atoms with Gasteiger partial charge in [-0.05, 0) is 25.7 Å². The van der Waals surface area contributed by atoms with E-state index in [2.05, 4.69) is 14.9 Å². The van der Waals surface area contributed by atoms with Crippen molar-refractivity contribution in [1.29, 1.82) is 0 Å². The first kappa shape index (κ1) is 13.2. The molecule has 2 rings (SSSR count). The van der Waals surface area contributed by atoms with Gasteiger partial charge in [0.1, 0.15) is 10.7 Å². The van der Waals surface area contributed by atoms with E-state index in [0.29, 0.717) is 18.2 Å². The molecule has 1 saturated carbocycles. The number of aliphatic hydroxyl groups is 1. The fourth-order valence-corrected chi connectivity index (χ4v) is 2.26. The molecule has 0 spiro atoms. The van der Waals surface area contributed by atoms with Crippen LogP contribution in [0.1, 0.15) is 31.4 Å². The molecule has 5 nitrogen and oxygen atoms in total. The zero-order valence-electron chi connectivity index (χ0n) is 10.2. The largest absolute Gasteiger partial charge is 0.396 e. The van der Waals surface area contributed by atoms with Crippen molar-refractivity contribution in [3.05, 3.63) is 18.1 Å². The van der Waals surface area contributed by atoms with Crippen LogP contribution in [-0.2, 0) is 0 Å². The molecule has 0 aromatic carbocycles. The number of hydrogen-bond acceptors (Lipinski definition) is 5. The fourth-order valence-electron chi connectivity index (χ4n) is 2.12. The van der Waals surface area contributed by atoms with Crippen molar-refractivity contribution in [3.8, 4) is 0 Å². The lowest BCUT2D eigenvalue weighted by Crippen LogP contribution is -2.42. The van der Waals surface area contributed by atoms with Crippen molar-refractivity contribution in [2.45, 2.75) is 31.7 Å². The first-order chi connectivity index (χ1) is 8.74. The van der Waals surface area contributed by atoms with E-state index in [0.717, 1.165) is 25.2 Å². The summed E-state index contributed by atoms with van der Waals surface area (Å²) in [4.78, 5) is 11.0. The quantitative estimate of drug-likeness (QED) is 0.744. The van der Waals surface area contributed by atoms with Crippen LogP contribution in [0.4, 0.5) is 5.82 Å². The highest BCUT2D eigenvalue weighted by molar-refractivity contribution is 7.80. The summed E-state index contributed by atoms with van der Waals surface area (Å²) in [6, 6.07) is 0.473. The van der Waals surface area contributed by atoms with Gasteiger partial charge in [-0.3, -0.25) is 0 Å². The number of rotatable bonds is 6. The second kappa shape index (κ2) is 6.06. The molecule has 0 amide bonds. The summed E-state index contributed by atoms with van der Waals surface area (Å²) in [5.41, 5.74) is 6.27. The molecule has 1 aromatic rings. The van der Waals surface area contributed by atoms with E-state index in [4.69, 9.17) is 23.1 Å². The average Bonchev–Trinajstić information content (AvgIpc) is 2.32. The fraction of sp³-hybridized carbons (Fsp3) is 0.583. The Morgan fingerprint density at radius 3 is 2.72 bits per heavy atom. The van der Waals surface area contributed by atoms with Gasteiger partial charge in [0.05, 0.1) is 0 Å². The smallest absolute Gasteiger partial charge is 0.157 e. The number of hydrogen-bond donors (Lipinski definition) is 2. The first-order valence-electron chi connectivity index (χ1n) is 6.22. The Hall–Kier alpha value is -1.27. The van der Waals surface area contributed by atoms with Crippen LogP contribution in [-0.4, -0.2) is 39.3 Å². The van der Waals surface area contributed by atoms with Crippen molar-refractivity contribution in [3.63, 3.8) is 0 Å². The minimum absolute atomic E-state index is 0.173. The van der Waals surface area contributed by atoms with Gasteiger partial charge in [0, 0.05) is 31.6 Å². The molecule has 0 aliphatic heterocycles.